The molecule has 0 radical (unpaired) electrons. The van der Waals surface area contributed by atoms with Gasteiger partial charge in [-0.1, -0.05) is 0 Å². The summed E-state index contributed by atoms with van der Waals surface area (Å²) >= 11 is 10.8. The second-order valence-electron chi connectivity index (χ2n) is 3.81. The van der Waals surface area contributed by atoms with Crippen molar-refractivity contribution >= 4 is 49.1 Å². The standard InChI is InChI=1S/C12H7BrClN3OS/c1-6-2-9-10(16-12(14)17-11(9)19-6)18-8-3-7(13)4-15-5-8/h2-5H,1H3. The van der Waals surface area contributed by atoms with Gasteiger partial charge in [-0.15, -0.1) is 11.3 Å². The Morgan fingerprint density at radius 1 is 1.26 bits per heavy atom. The van der Waals surface area contributed by atoms with Gasteiger partial charge in [0.05, 0.1) is 11.6 Å². The van der Waals surface area contributed by atoms with Crippen molar-refractivity contribution in [1.82, 2.24) is 15.0 Å². The van der Waals surface area contributed by atoms with Crippen LogP contribution >= 0.6 is 38.9 Å². The van der Waals surface area contributed by atoms with Crippen LogP contribution in [0.25, 0.3) is 10.2 Å². The number of hydrogen-bond acceptors (Lipinski definition) is 5. The molecule has 0 aliphatic rings. The van der Waals surface area contributed by atoms with E-state index in [0.717, 1.165) is 19.6 Å². The van der Waals surface area contributed by atoms with Gasteiger partial charge in [0, 0.05) is 15.5 Å². The first-order chi connectivity index (χ1) is 9.11. The zero-order valence-corrected chi connectivity index (χ0v) is 12.9. The molecular weight excluding hydrogens is 350 g/mol. The molecule has 19 heavy (non-hydrogen) atoms. The molecule has 0 fully saturated rings. The lowest BCUT2D eigenvalue weighted by Gasteiger charge is -2.05. The molecule has 0 aromatic carbocycles. The van der Waals surface area contributed by atoms with E-state index in [1.807, 2.05) is 19.1 Å². The van der Waals surface area contributed by atoms with Crippen LogP contribution in [-0.2, 0) is 0 Å². The van der Waals surface area contributed by atoms with E-state index >= 15 is 0 Å². The molecule has 96 valence electrons. The molecule has 3 aromatic rings. The fraction of sp³-hybridized carbons (Fsp3) is 0.0833. The smallest absolute Gasteiger partial charge is 0.232 e. The topological polar surface area (TPSA) is 47.9 Å². The summed E-state index contributed by atoms with van der Waals surface area (Å²) in [5, 5.41) is 1.03. The van der Waals surface area contributed by atoms with Crippen molar-refractivity contribution in [2.24, 2.45) is 0 Å². The van der Waals surface area contributed by atoms with Crippen LogP contribution in [0.4, 0.5) is 0 Å². The SMILES string of the molecule is Cc1cc2c(Oc3cncc(Br)c3)nc(Cl)nc2s1. The summed E-state index contributed by atoms with van der Waals surface area (Å²) in [5.41, 5.74) is 0. The van der Waals surface area contributed by atoms with Gasteiger partial charge in [-0.05, 0) is 46.6 Å². The fourth-order valence-electron chi connectivity index (χ4n) is 1.63. The number of aromatic nitrogens is 3. The summed E-state index contributed by atoms with van der Waals surface area (Å²) in [5.74, 6) is 1.04. The third-order valence-corrected chi connectivity index (χ3v) is 3.90. The normalized spacial score (nSPS) is 10.9. The van der Waals surface area contributed by atoms with E-state index in [-0.39, 0.29) is 5.28 Å². The molecule has 0 unspecified atom stereocenters. The highest BCUT2D eigenvalue weighted by atomic mass is 79.9. The molecule has 0 bridgehead atoms. The van der Waals surface area contributed by atoms with Crippen molar-refractivity contribution < 1.29 is 4.74 Å². The van der Waals surface area contributed by atoms with Crippen molar-refractivity contribution in [2.75, 3.05) is 0 Å². The molecule has 0 atom stereocenters. The molecule has 0 aliphatic carbocycles. The minimum atomic E-state index is 0.173. The largest absolute Gasteiger partial charge is 0.437 e. The van der Waals surface area contributed by atoms with Crippen molar-refractivity contribution in [2.45, 2.75) is 6.92 Å². The molecule has 3 rings (SSSR count). The summed E-state index contributed by atoms with van der Waals surface area (Å²) in [4.78, 5) is 14.3. The Morgan fingerprint density at radius 2 is 2.11 bits per heavy atom. The molecule has 0 saturated heterocycles. The summed E-state index contributed by atoms with van der Waals surface area (Å²) in [6, 6.07) is 3.80. The minimum absolute atomic E-state index is 0.173. The van der Waals surface area contributed by atoms with E-state index in [1.165, 1.54) is 0 Å². The van der Waals surface area contributed by atoms with E-state index in [4.69, 9.17) is 16.3 Å². The molecular formula is C12H7BrClN3OS. The maximum Gasteiger partial charge on any atom is 0.232 e. The molecule has 3 aromatic heterocycles. The van der Waals surface area contributed by atoms with Gasteiger partial charge in [-0.2, -0.15) is 4.98 Å². The molecule has 3 heterocycles. The zero-order chi connectivity index (χ0) is 13.4. The molecule has 4 nitrogen and oxygen atoms in total. The number of hydrogen-bond donors (Lipinski definition) is 0. The number of aryl methyl sites for hydroxylation is 1. The van der Waals surface area contributed by atoms with Gasteiger partial charge in [-0.25, -0.2) is 4.98 Å². The third kappa shape index (κ3) is 2.70. The molecule has 0 aliphatic heterocycles. The van der Waals surface area contributed by atoms with E-state index in [9.17, 15) is 0 Å². The van der Waals surface area contributed by atoms with Crippen molar-refractivity contribution in [3.05, 3.63) is 39.2 Å². The number of pyridine rings is 1. The van der Waals surface area contributed by atoms with Crippen LogP contribution in [0.1, 0.15) is 4.88 Å². The van der Waals surface area contributed by atoms with E-state index in [0.29, 0.717) is 11.6 Å². The second-order valence-corrected chi connectivity index (χ2v) is 6.30. The first kappa shape index (κ1) is 12.8. The predicted octanol–water partition coefficient (Wildman–Crippen LogP) is 4.60. The maximum absolute atomic E-state index is 5.91. The van der Waals surface area contributed by atoms with Crippen LogP contribution in [0, 0.1) is 6.92 Å². The van der Waals surface area contributed by atoms with Gasteiger partial charge in [-0.3, -0.25) is 4.98 Å². The number of ether oxygens (including phenoxy) is 1. The quantitative estimate of drug-likeness (QED) is 0.629. The third-order valence-electron chi connectivity index (χ3n) is 2.35. The fourth-order valence-corrected chi connectivity index (χ4v) is 3.05. The monoisotopic (exact) mass is 355 g/mol. The van der Waals surface area contributed by atoms with Crippen LogP contribution in [0.15, 0.2) is 29.0 Å². The van der Waals surface area contributed by atoms with Gasteiger partial charge >= 0.3 is 0 Å². The summed E-state index contributed by atoms with van der Waals surface area (Å²) in [6.07, 6.45) is 3.30. The molecule has 0 amide bonds. The van der Waals surface area contributed by atoms with E-state index in [2.05, 4.69) is 30.9 Å². The van der Waals surface area contributed by atoms with Crippen LogP contribution in [-0.4, -0.2) is 15.0 Å². The Labute approximate surface area is 126 Å². The highest BCUT2D eigenvalue weighted by molar-refractivity contribution is 9.10. The Kier molecular flexibility index (Phi) is 3.38. The van der Waals surface area contributed by atoms with Gasteiger partial charge in [0.15, 0.2) is 0 Å². The molecule has 0 saturated carbocycles. The maximum atomic E-state index is 5.91. The van der Waals surface area contributed by atoms with Crippen LogP contribution < -0.4 is 4.74 Å². The zero-order valence-electron chi connectivity index (χ0n) is 9.72. The Bertz CT molecular complexity index is 762. The average Bonchev–Trinajstić information content (AvgIpc) is 2.69. The lowest BCUT2D eigenvalue weighted by atomic mass is 10.3. The first-order valence-corrected chi connectivity index (χ1v) is 7.32. The van der Waals surface area contributed by atoms with Crippen molar-refractivity contribution in [3.63, 3.8) is 0 Å². The summed E-state index contributed by atoms with van der Waals surface area (Å²) in [6.45, 7) is 2.00. The summed E-state index contributed by atoms with van der Waals surface area (Å²) < 4.78 is 6.58. The van der Waals surface area contributed by atoms with Gasteiger partial charge in [0.25, 0.3) is 0 Å². The number of thiophene rings is 1. The van der Waals surface area contributed by atoms with Crippen LogP contribution in [0.2, 0.25) is 5.28 Å². The lowest BCUT2D eigenvalue weighted by Crippen LogP contribution is -1.91. The van der Waals surface area contributed by atoms with E-state index in [1.54, 1.807) is 23.7 Å². The average molecular weight is 357 g/mol. The van der Waals surface area contributed by atoms with Crippen LogP contribution in [0.5, 0.6) is 11.6 Å². The molecule has 0 N–H and O–H groups in total. The number of fused-ring (bicyclic) bond motifs is 1. The molecule has 7 heteroatoms. The number of halogens is 2. The van der Waals surface area contributed by atoms with Gasteiger partial charge in [0.2, 0.25) is 11.2 Å². The van der Waals surface area contributed by atoms with Crippen molar-refractivity contribution in [3.8, 4) is 11.6 Å². The van der Waals surface area contributed by atoms with Gasteiger partial charge < -0.3 is 4.74 Å². The van der Waals surface area contributed by atoms with Crippen LogP contribution in [0.3, 0.4) is 0 Å². The second kappa shape index (κ2) is 5.03. The Hall–Kier alpha value is -1.24. The Morgan fingerprint density at radius 3 is 2.89 bits per heavy atom. The van der Waals surface area contributed by atoms with E-state index < -0.39 is 0 Å². The summed E-state index contributed by atoms with van der Waals surface area (Å²) in [7, 11) is 0. The first-order valence-electron chi connectivity index (χ1n) is 5.34. The van der Waals surface area contributed by atoms with Gasteiger partial charge in [0.1, 0.15) is 10.6 Å². The Balaban J connectivity index is 2.09. The highest BCUT2D eigenvalue weighted by Gasteiger charge is 2.12. The lowest BCUT2D eigenvalue weighted by molar-refractivity contribution is 0.466. The number of nitrogens with zero attached hydrogens (tertiary/aromatic N) is 3. The van der Waals surface area contributed by atoms with Crippen molar-refractivity contribution in [1.29, 1.82) is 0 Å². The number of rotatable bonds is 2. The minimum Gasteiger partial charge on any atom is -0.437 e. The highest BCUT2D eigenvalue weighted by Crippen LogP contribution is 2.33. The predicted molar refractivity (Wildman–Crippen MR) is 79.2 cm³/mol. The molecule has 0 spiro atoms.